The van der Waals surface area contributed by atoms with Gasteiger partial charge in [-0.1, -0.05) is 39.0 Å². The van der Waals surface area contributed by atoms with Crippen LogP contribution < -0.4 is 5.06 Å². The average molecular weight is 271 g/mol. The Morgan fingerprint density at radius 2 is 1.90 bits per heavy atom. The van der Waals surface area contributed by atoms with Crippen LogP contribution in [0.4, 0.5) is 5.69 Å². The summed E-state index contributed by atoms with van der Waals surface area (Å²) in [6, 6.07) is 9.27. The van der Waals surface area contributed by atoms with Gasteiger partial charge in [0.2, 0.25) is 0 Å². The van der Waals surface area contributed by atoms with Gasteiger partial charge in [0, 0.05) is 17.2 Å². The number of carbonyl (C=O) groups is 1. The minimum Gasteiger partial charge on any atom is -0.294 e. The van der Waals surface area contributed by atoms with Crippen molar-refractivity contribution in [2.24, 2.45) is 16.7 Å². The summed E-state index contributed by atoms with van der Waals surface area (Å²) >= 11 is 0. The molecule has 106 valence electrons. The van der Waals surface area contributed by atoms with Crippen molar-refractivity contribution in [3.05, 3.63) is 42.1 Å². The second kappa shape index (κ2) is 4.19. The quantitative estimate of drug-likeness (QED) is 0.657. The Kier molecular flexibility index (Phi) is 2.80. The SMILES string of the molecule is CC1(C)[C@H]2CC[C@@]1(C)C(=O)/C2=C\N(O)c1ccccc1. The maximum Gasteiger partial charge on any atom is 0.167 e. The molecule has 3 heteroatoms. The Labute approximate surface area is 119 Å². The number of carbonyl (C=O) groups excluding carboxylic acids is 1. The first-order chi connectivity index (χ1) is 9.38. The first-order valence-corrected chi connectivity index (χ1v) is 7.17. The number of nitrogens with zero attached hydrogens (tertiary/aromatic N) is 1. The number of ketones is 1. The van der Waals surface area contributed by atoms with E-state index in [2.05, 4.69) is 20.8 Å². The minimum absolute atomic E-state index is 0.0204. The Morgan fingerprint density at radius 3 is 2.45 bits per heavy atom. The molecule has 0 saturated heterocycles. The molecule has 3 nitrogen and oxygen atoms in total. The van der Waals surface area contributed by atoms with Crippen molar-refractivity contribution in [2.45, 2.75) is 33.6 Å². The van der Waals surface area contributed by atoms with Crippen LogP contribution in [0.3, 0.4) is 0 Å². The lowest BCUT2D eigenvalue weighted by molar-refractivity contribution is -0.125. The lowest BCUT2D eigenvalue weighted by Crippen LogP contribution is -2.32. The maximum atomic E-state index is 12.7. The molecule has 0 spiro atoms. The smallest absolute Gasteiger partial charge is 0.167 e. The summed E-state index contributed by atoms with van der Waals surface area (Å²) in [6.07, 6.45) is 3.61. The van der Waals surface area contributed by atoms with E-state index in [9.17, 15) is 10.0 Å². The van der Waals surface area contributed by atoms with Gasteiger partial charge in [-0.3, -0.25) is 10.0 Å². The monoisotopic (exact) mass is 271 g/mol. The first-order valence-electron chi connectivity index (χ1n) is 7.17. The summed E-state index contributed by atoms with van der Waals surface area (Å²) in [4.78, 5) is 12.7. The molecule has 2 atom stereocenters. The Morgan fingerprint density at radius 1 is 1.25 bits per heavy atom. The molecule has 20 heavy (non-hydrogen) atoms. The fraction of sp³-hybridized carbons (Fsp3) is 0.471. The summed E-state index contributed by atoms with van der Waals surface area (Å²) in [5.74, 6) is 0.451. The van der Waals surface area contributed by atoms with Crippen molar-refractivity contribution in [2.75, 3.05) is 5.06 Å². The highest BCUT2D eigenvalue weighted by molar-refractivity contribution is 6.04. The fourth-order valence-electron chi connectivity index (χ4n) is 3.86. The number of benzene rings is 1. The summed E-state index contributed by atoms with van der Waals surface area (Å²) in [5.41, 5.74) is 1.16. The number of hydrogen-bond donors (Lipinski definition) is 1. The van der Waals surface area contributed by atoms with Crippen molar-refractivity contribution in [1.82, 2.24) is 0 Å². The molecule has 2 aliphatic carbocycles. The summed E-state index contributed by atoms with van der Waals surface area (Å²) in [6.45, 7) is 6.42. The van der Waals surface area contributed by atoms with E-state index in [0.717, 1.165) is 23.5 Å². The van der Waals surface area contributed by atoms with E-state index < -0.39 is 0 Å². The lowest BCUT2D eigenvalue weighted by Gasteiger charge is -2.31. The van der Waals surface area contributed by atoms with Crippen LogP contribution in [-0.2, 0) is 4.79 Å². The van der Waals surface area contributed by atoms with Crippen molar-refractivity contribution in [1.29, 1.82) is 0 Å². The van der Waals surface area contributed by atoms with E-state index in [1.807, 2.05) is 30.3 Å². The van der Waals surface area contributed by atoms with E-state index in [1.54, 1.807) is 6.20 Å². The molecule has 2 saturated carbocycles. The molecule has 0 heterocycles. The van der Waals surface area contributed by atoms with Gasteiger partial charge in [0.25, 0.3) is 0 Å². The van der Waals surface area contributed by atoms with Gasteiger partial charge in [-0.25, -0.2) is 5.06 Å². The molecule has 0 aliphatic heterocycles. The highest BCUT2D eigenvalue weighted by Gasteiger charge is 2.64. The van der Waals surface area contributed by atoms with Gasteiger partial charge in [0.1, 0.15) is 0 Å². The number of anilines is 1. The van der Waals surface area contributed by atoms with Crippen LogP contribution in [0.5, 0.6) is 0 Å². The number of hydrogen-bond acceptors (Lipinski definition) is 3. The maximum absolute atomic E-state index is 12.7. The topological polar surface area (TPSA) is 40.5 Å². The molecular formula is C17H21NO2. The van der Waals surface area contributed by atoms with Gasteiger partial charge < -0.3 is 0 Å². The van der Waals surface area contributed by atoms with Gasteiger partial charge in [-0.05, 0) is 36.3 Å². The molecule has 0 unspecified atom stereocenters. The van der Waals surface area contributed by atoms with Crippen LogP contribution >= 0.6 is 0 Å². The number of rotatable bonds is 2. The van der Waals surface area contributed by atoms with Crippen LogP contribution in [0.25, 0.3) is 0 Å². The lowest BCUT2D eigenvalue weighted by atomic mass is 9.70. The highest BCUT2D eigenvalue weighted by atomic mass is 16.5. The van der Waals surface area contributed by atoms with E-state index in [-0.39, 0.29) is 22.5 Å². The predicted molar refractivity (Wildman–Crippen MR) is 78.4 cm³/mol. The second-order valence-electron chi connectivity index (χ2n) is 6.74. The third-order valence-electron chi connectivity index (χ3n) is 5.65. The highest BCUT2D eigenvalue weighted by Crippen LogP contribution is 2.65. The zero-order valence-corrected chi connectivity index (χ0v) is 12.3. The molecule has 3 rings (SSSR count). The average Bonchev–Trinajstić information content (AvgIpc) is 2.74. The molecule has 2 fully saturated rings. The summed E-state index contributed by atoms with van der Waals surface area (Å²) in [5, 5.41) is 11.3. The largest absolute Gasteiger partial charge is 0.294 e. The Bertz CT molecular complexity index is 576. The number of Topliss-reactive ketones (excluding diaryl/α,β-unsaturated/α-hetero) is 1. The molecule has 1 aromatic rings. The molecular weight excluding hydrogens is 250 g/mol. The van der Waals surface area contributed by atoms with Crippen LogP contribution in [0.2, 0.25) is 0 Å². The molecule has 0 radical (unpaired) electrons. The van der Waals surface area contributed by atoms with Gasteiger partial charge in [0.05, 0.1) is 5.69 Å². The Hall–Kier alpha value is -1.61. The molecule has 1 aromatic carbocycles. The summed E-state index contributed by atoms with van der Waals surface area (Å²) < 4.78 is 0. The van der Waals surface area contributed by atoms with Crippen LogP contribution in [-0.4, -0.2) is 11.0 Å². The van der Waals surface area contributed by atoms with Gasteiger partial charge >= 0.3 is 0 Å². The normalized spacial score (nSPS) is 32.9. The third kappa shape index (κ3) is 1.59. The van der Waals surface area contributed by atoms with Crippen LogP contribution in [0, 0.1) is 16.7 Å². The van der Waals surface area contributed by atoms with Gasteiger partial charge in [0.15, 0.2) is 5.78 Å². The number of fused-ring (bicyclic) bond motifs is 2. The molecule has 2 bridgehead atoms. The third-order valence-corrected chi connectivity index (χ3v) is 5.65. The van der Waals surface area contributed by atoms with Crippen LogP contribution in [0.1, 0.15) is 33.6 Å². The summed E-state index contributed by atoms with van der Waals surface area (Å²) in [7, 11) is 0. The molecule has 0 amide bonds. The van der Waals surface area contributed by atoms with Crippen LogP contribution in [0.15, 0.2) is 42.1 Å². The first kappa shape index (κ1) is 13.4. The van der Waals surface area contributed by atoms with E-state index >= 15 is 0 Å². The Balaban J connectivity index is 1.96. The van der Waals surface area contributed by atoms with Gasteiger partial charge in [-0.2, -0.15) is 0 Å². The minimum atomic E-state index is -0.277. The predicted octanol–water partition coefficient (Wildman–Crippen LogP) is 3.79. The number of allylic oxidation sites excluding steroid dienone is 1. The zero-order valence-electron chi connectivity index (χ0n) is 12.3. The zero-order chi connectivity index (χ0) is 14.5. The van der Waals surface area contributed by atoms with E-state index in [1.165, 1.54) is 0 Å². The number of hydroxylamine groups is 1. The molecule has 2 aliphatic rings. The number of para-hydroxylation sites is 1. The van der Waals surface area contributed by atoms with Crippen molar-refractivity contribution < 1.29 is 10.0 Å². The van der Waals surface area contributed by atoms with E-state index in [4.69, 9.17) is 0 Å². The second-order valence-corrected chi connectivity index (χ2v) is 6.74. The standard InChI is InChI=1S/C17H21NO2/c1-16(2)14-9-10-17(16,3)15(19)13(14)11-18(20)12-7-5-4-6-8-12/h4-8,11,14,20H,9-10H2,1-3H3/b13-11-/t14-,17-/m0/s1. The molecule has 1 N–H and O–H groups in total. The van der Waals surface area contributed by atoms with E-state index in [0.29, 0.717) is 5.69 Å². The fourth-order valence-corrected chi connectivity index (χ4v) is 3.86. The van der Waals surface area contributed by atoms with Gasteiger partial charge in [-0.15, -0.1) is 0 Å². The van der Waals surface area contributed by atoms with Crippen molar-refractivity contribution in [3.63, 3.8) is 0 Å². The molecule has 0 aromatic heterocycles. The van der Waals surface area contributed by atoms with Crippen molar-refractivity contribution >= 4 is 11.5 Å². The van der Waals surface area contributed by atoms with Crippen molar-refractivity contribution in [3.8, 4) is 0 Å².